The second-order valence-electron chi connectivity index (χ2n) is 5.13. The Bertz CT molecular complexity index is 336. The standard InChI is InChI=1S/C18H27/c1-5-8-10-16-12-17(11-9-6-2)14-18(13-16)15(4)7-3/h7,12-14H,3,5-6,8-11H2,1-2,4H3. The summed E-state index contributed by atoms with van der Waals surface area (Å²) in [4.78, 5) is 0. The fourth-order valence-corrected chi connectivity index (χ4v) is 2.16. The van der Waals surface area contributed by atoms with E-state index in [1.807, 2.05) is 6.08 Å². The van der Waals surface area contributed by atoms with Crippen LogP contribution < -0.4 is 0 Å². The number of aryl methyl sites for hydroxylation is 2. The van der Waals surface area contributed by atoms with Gasteiger partial charge in [-0.3, -0.25) is 0 Å². The normalized spacial score (nSPS) is 10.9. The third kappa shape index (κ3) is 4.68. The van der Waals surface area contributed by atoms with Crippen molar-refractivity contribution in [3.63, 3.8) is 0 Å². The van der Waals surface area contributed by atoms with Crippen molar-refractivity contribution in [2.24, 2.45) is 0 Å². The second-order valence-corrected chi connectivity index (χ2v) is 5.13. The van der Waals surface area contributed by atoms with Crippen molar-refractivity contribution in [3.05, 3.63) is 53.5 Å². The molecule has 0 N–H and O–H groups in total. The van der Waals surface area contributed by atoms with Crippen LogP contribution in [0.15, 0.2) is 30.9 Å². The summed E-state index contributed by atoms with van der Waals surface area (Å²) in [5.74, 6) is 1.28. The van der Waals surface area contributed by atoms with Gasteiger partial charge in [0, 0.05) is 5.92 Å². The number of hydrogen-bond acceptors (Lipinski definition) is 0. The third-order valence-corrected chi connectivity index (χ3v) is 3.45. The maximum atomic E-state index is 3.88. The fraction of sp³-hybridized carbons (Fsp3) is 0.500. The molecular weight excluding hydrogens is 216 g/mol. The lowest BCUT2D eigenvalue weighted by Crippen LogP contribution is -1.97. The SMILES string of the molecule is C=C[C](C)c1cc(CCCC)cc(CCCC)c1. The van der Waals surface area contributed by atoms with Gasteiger partial charge in [-0.2, -0.15) is 0 Å². The Labute approximate surface area is 113 Å². The predicted octanol–water partition coefficient (Wildman–Crippen LogP) is 5.50. The molecule has 0 unspecified atom stereocenters. The minimum atomic E-state index is 1.20. The molecule has 99 valence electrons. The summed E-state index contributed by atoms with van der Waals surface area (Å²) in [6, 6.07) is 7.06. The molecule has 0 spiro atoms. The lowest BCUT2D eigenvalue weighted by atomic mass is 9.93. The lowest BCUT2D eigenvalue weighted by Gasteiger charge is -2.12. The van der Waals surface area contributed by atoms with Crippen LogP contribution in [-0.4, -0.2) is 0 Å². The van der Waals surface area contributed by atoms with E-state index in [1.54, 1.807) is 0 Å². The van der Waals surface area contributed by atoms with E-state index >= 15 is 0 Å². The van der Waals surface area contributed by atoms with Gasteiger partial charge < -0.3 is 0 Å². The van der Waals surface area contributed by atoms with Crippen LogP contribution in [0.2, 0.25) is 0 Å². The highest BCUT2D eigenvalue weighted by atomic mass is 14.1. The number of rotatable bonds is 8. The van der Waals surface area contributed by atoms with Gasteiger partial charge in [0.1, 0.15) is 0 Å². The number of allylic oxidation sites excluding steroid dienone is 1. The van der Waals surface area contributed by atoms with Crippen LogP contribution >= 0.6 is 0 Å². The fourth-order valence-electron chi connectivity index (χ4n) is 2.16. The number of unbranched alkanes of at least 4 members (excludes halogenated alkanes) is 2. The van der Waals surface area contributed by atoms with E-state index in [9.17, 15) is 0 Å². The van der Waals surface area contributed by atoms with Crippen LogP contribution in [0, 0.1) is 5.92 Å². The van der Waals surface area contributed by atoms with Crippen LogP contribution in [0.25, 0.3) is 0 Å². The van der Waals surface area contributed by atoms with Gasteiger partial charge in [-0.05, 0) is 42.4 Å². The van der Waals surface area contributed by atoms with Gasteiger partial charge in [0.25, 0.3) is 0 Å². The average Bonchev–Trinajstić information content (AvgIpc) is 2.41. The van der Waals surface area contributed by atoms with E-state index in [-0.39, 0.29) is 0 Å². The van der Waals surface area contributed by atoms with Crippen molar-refractivity contribution in [1.29, 1.82) is 0 Å². The van der Waals surface area contributed by atoms with Crippen LogP contribution in [0.3, 0.4) is 0 Å². The van der Waals surface area contributed by atoms with Gasteiger partial charge in [-0.15, -0.1) is 6.58 Å². The molecule has 0 saturated heterocycles. The van der Waals surface area contributed by atoms with E-state index in [1.165, 1.54) is 61.1 Å². The molecule has 0 aromatic heterocycles. The monoisotopic (exact) mass is 243 g/mol. The summed E-state index contributed by atoms with van der Waals surface area (Å²) in [5, 5.41) is 0. The molecule has 0 heteroatoms. The average molecular weight is 243 g/mol. The molecule has 18 heavy (non-hydrogen) atoms. The Morgan fingerprint density at radius 1 is 1.00 bits per heavy atom. The van der Waals surface area contributed by atoms with Crippen molar-refractivity contribution in [3.8, 4) is 0 Å². The van der Waals surface area contributed by atoms with Gasteiger partial charge in [-0.25, -0.2) is 0 Å². The van der Waals surface area contributed by atoms with Gasteiger partial charge in [0.05, 0.1) is 0 Å². The molecule has 0 aliphatic heterocycles. The maximum absolute atomic E-state index is 3.88. The van der Waals surface area contributed by atoms with Gasteiger partial charge in [-0.1, -0.05) is 57.9 Å². The summed E-state index contributed by atoms with van der Waals surface area (Å²) in [7, 11) is 0. The third-order valence-electron chi connectivity index (χ3n) is 3.45. The first kappa shape index (κ1) is 15.0. The maximum Gasteiger partial charge on any atom is 0.0230 e. The predicted molar refractivity (Wildman–Crippen MR) is 81.9 cm³/mol. The highest BCUT2D eigenvalue weighted by molar-refractivity contribution is 5.41. The quantitative estimate of drug-likeness (QED) is 0.565. The van der Waals surface area contributed by atoms with E-state index < -0.39 is 0 Å². The highest BCUT2D eigenvalue weighted by Crippen LogP contribution is 2.21. The van der Waals surface area contributed by atoms with Crippen LogP contribution in [0.5, 0.6) is 0 Å². The number of hydrogen-bond donors (Lipinski definition) is 0. The molecule has 0 atom stereocenters. The molecule has 0 heterocycles. The van der Waals surface area contributed by atoms with Gasteiger partial charge in [0.2, 0.25) is 0 Å². The van der Waals surface area contributed by atoms with E-state index in [0.29, 0.717) is 0 Å². The minimum Gasteiger partial charge on any atom is -0.102 e. The zero-order chi connectivity index (χ0) is 13.4. The van der Waals surface area contributed by atoms with E-state index in [4.69, 9.17) is 0 Å². The molecule has 1 aromatic carbocycles. The van der Waals surface area contributed by atoms with Crippen molar-refractivity contribution in [2.75, 3.05) is 0 Å². The zero-order valence-corrected chi connectivity index (χ0v) is 12.3. The van der Waals surface area contributed by atoms with Crippen LogP contribution in [0.4, 0.5) is 0 Å². The zero-order valence-electron chi connectivity index (χ0n) is 12.3. The molecule has 0 aliphatic carbocycles. The molecule has 0 amide bonds. The van der Waals surface area contributed by atoms with Crippen molar-refractivity contribution < 1.29 is 0 Å². The van der Waals surface area contributed by atoms with E-state index in [2.05, 4.69) is 45.5 Å². The van der Waals surface area contributed by atoms with Gasteiger partial charge >= 0.3 is 0 Å². The first-order chi connectivity index (χ1) is 8.71. The smallest absolute Gasteiger partial charge is 0.0230 e. The molecule has 1 aromatic rings. The molecule has 0 fully saturated rings. The summed E-state index contributed by atoms with van der Waals surface area (Å²) >= 11 is 0. The Balaban J connectivity index is 2.91. The topological polar surface area (TPSA) is 0 Å². The minimum absolute atomic E-state index is 1.20. The lowest BCUT2D eigenvalue weighted by molar-refractivity contribution is 0.779. The Kier molecular flexibility index (Phi) is 6.78. The molecule has 1 rings (SSSR count). The number of benzene rings is 1. The molecule has 0 nitrogen and oxygen atoms in total. The Morgan fingerprint density at radius 3 is 1.89 bits per heavy atom. The molecule has 0 aliphatic rings. The van der Waals surface area contributed by atoms with Crippen molar-refractivity contribution in [2.45, 2.75) is 59.3 Å². The summed E-state index contributed by atoms with van der Waals surface area (Å²) in [6.45, 7) is 10.5. The molecular formula is C18H27. The Morgan fingerprint density at radius 2 is 1.50 bits per heavy atom. The van der Waals surface area contributed by atoms with Crippen LogP contribution in [0.1, 0.15) is 63.1 Å². The van der Waals surface area contributed by atoms with Crippen LogP contribution in [-0.2, 0) is 12.8 Å². The largest absolute Gasteiger partial charge is 0.102 e. The van der Waals surface area contributed by atoms with Crippen molar-refractivity contribution >= 4 is 0 Å². The van der Waals surface area contributed by atoms with Gasteiger partial charge in [0.15, 0.2) is 0 Å². The molecule has 0 bridgehead atoms. The second kappa shape index (κ2) is 8.13. The van der Waals surface area contributed by atoms with Crippen molar-refractivity contribution in [1.82, 2.24) is 0 Å². The summed E-state index contributed by atoms with van der Waals surface area (Å²) in [6.07, 6.45) is 9.45. The summed E-state index contributed by atoms with van der Waals surface area (Å²) in [5.41, 5.74) is 4.33. The highest BCUT2D eigenvalue weighted by Gasteiger charge is 2.06. The Hall–Kier alpha value is -1.04. The molecule has 1 radical (unpaired) electrons. The first-order valence-corrected chi connectivity index (χ1v) is 7.30. The summed E-state index contributed by atoms with van der Waals surface area (Å²) < 4.78 is 0. The first-order valence-electron chi connectivity index (χ1n) is 7.30. The molecule has 0 saturated carbocycles. The van der Waals surface area contributed by atoms with E-state index in [0.717, 1.165) is 0 Å².